The first-order chi connectivity index (χ1) is 6.25. The van der Waals surface area contributed by atoms with Crippen LogP contribution in [-0.4, -0.2) is 18.6 Å². The van der Waals surface area contributed by atoms with Gasteiger partial charge in [0.1, 0.15) is 10.4 Å². The van der Waals surface area contributed by atoms with Crippen molar-refractivity contribution in [1.29, 1.82) is 0 Å². The summed E-state index contributed by atoms with van der Waals surface area (Å²) < 4.78 is 0.910. The number of aromatic nitrogens is 1. The van der Waals surface area contributed by atoms with Gasteiger partial charge in [-0.2, -0.15) is 0 Å². The lowest BCUT2D eigenvalue weighted by Crippen LogP contribution is -2.20. The predicted molar refractivity (Wildman–Crippen MR) is 57.9 cm³/mol. The van der Waals surface area contributed by atoms with Crippen LogP contribution in [0.5, 0.6) is 0 Å². The standard InChI is InChI=1S/C10H13BrN2/c1-13(7-8-5-6-8)10-4-2-3-9(11)12-10/h2-4,8H,5-7H2,1H3. The molecule has 1 aromatic rings. The van der Waals surface area contributed by atoms with Gasteiger partial charge in [-0.1, -0.05) is 6.07 Å². The third kappa shape index (κ3) is 2.44. The Morgan fingerprint density at radius 2 is 2.31 bits per heavy atom. The fraction of sp³-hybridized carbons (Fsp3) is 0.500. The van der Waals surface area contributed by atoms with Crippen LogP contribution in [0.15, 0.2) is 22.8 Å². The Bertz CT molecular complexity index is 297. The van der Waals surface area contributed by atoms with E-state index < -0.39 is 0 Å². The van der Waals surface area contributed by atoms with Gasteiger partial charge in [-0.25, -0.2) is 4.98 Å². The zero-order chi connectivity index (χ0) is 9.26. The van der Waals surface area contributed by atoms with Crippen molar-refractivity contribution in [2.75, 3.05) is 18.5 Å². The van der Waals surface area contributed by atoms with Crippen LogP contribution in [0, 0.1) is 5.92 Å². The number of nitrogens with zero attached hydrogens (tertiary/aromatic N) is 2. The summed E-state index contributed by atoms with van der Waals surface area (Å²) in [5, 5.41) is 0. The average Bonchev–Trinajstić information content (AvgIpc) is 2.88. The molecule has 1 saturated carbocycles. The monoisotopic (exact) mass is 240 g/mol. The maximum absolute atomic E-state index is 4.40. The molecule has 1 aromatic heterocycles. The molecule has 1 fully saturated rings. The van der Waals surface area contributed by atoms with Crippen LogP contribution in [0.25, 0.3) is 0 Å². The molecule has 0 amide bonds. The Kier molecular flexibility index (Phi) is 2.54. The summed E-state index contributed by atoms with van der Waals surface area (Å²) in [4.78, 5) is 6.62. The van der Waals surface area contributed by atoms with Crippen LogP contribution in [0.4, 0.5) is 5.82 Å². The predicted octanol–water partition coefficient (Wildman–Crippen LogP) is 2.69. The summed E-state index contributed by atoms with van der Waals surface area (Å²) in [6.45, 7) is 1.14. The fourth-order valence-electron chi connectivity index (χ4n) is 1.39. The molecule has 1 heterocycles. The van der Waals surface area contributed by atoms with Crippen molar-refractivity contribution in [3.05, 3.63) is 22.8 Å². The second-order valence-corrected chi connectivity index (χ2v) is 4.45. The minimum Gasteiger partial charge on any atom is -0.359 e. The first-order valence-electron chi connectivity index (χ1n) is 4.59. The van der Waals surface area contributed by atoms with E-state index in [0.29, 0.717) is 0 Å². The molecule has 2 nitrogen and oxygen atoms in total. The molecule has 70 valence electrons. The third-order valence-corrected chi connectivity index (χ3v) is 2.76. The molecular weight excluding hydrogens is 228 g/mol. The summed E-state index contributed by atoms with van der Waals surface area (Å²) in [7, 11) is 2.10. The van der Waals surface area contributed by atoms with Gasteiger partial charge >= 0.3 is 0 Å². The van der Waals surface area contributed by atoms with Gasteiger partial charge in [-0.05, 0) is 46.8 Å². The number of halogens is 1. The van der Waals surface area contributed by atoms with Gasteiger partial charge in [0.05, 0.1) is 0 Å². The van der Waals surface area contributed by atoms with E-state index in [1.54, 1.807) is 0 Å². The van der Waals surface area contributed by atoms with Crippen molar-refractivity contribution < 1.29 is 0 Å². The van der Waals surface area contributed by atoms with Crippen molar-refractivity contribution >= 4 is 21.7 Å². The van der Waals surface area contributed by atoms with Gasteiger partial charge in [0.25, 0.3) is 0 Å². The first kappa shape index (κ1) is 9.00. The largest absolute Gasteiger partial charge is 0.359 e. The van der Waals surface area contributed by atoms with E-state index in [-0.39, 0.29) is 0 Å². The van der Waals surface area contributed by atoms with E-state index in [4.69, 9.17) is 0 Å². The fourth-order valence-corrected chi connectivity index (χ4v) is 1.73. The molecular formula is C10H13BrN2. The van der Waals surface area contributed by atoms with E-state index in [1.807, 2.05) is 18.2 Å². The first-order valence-corrected chi connectivity index (χ1v) is 5.39. The molecule has 0 unspecified atom stereocenters. The van der Waals surface area contributed by atoms with E-state index in [2.05, 4.69) is 32.9 Å². The molecule has 13 heavy (non-hydrogen) atoms. The lowest BCUT2D eigenvalue weighted by Gasteiger charge is -2.17. The minimum absolute atomic E-state index is 0.908. The number of hydrogen-bond acceptors (Lipinski definition) is 2. The number of rotatable bonds is 3. The van der Waals surface area contributed by atoms with Gasteiger partial charge in [-0.3, -0.25) is 0 Å². The maximum atomic E-state index is 4.40. The van der Waals surface area contributed by atoms with Crippen LogP contribution in [0.3, 0.4) is 0 Å². The highest BCUT2D eigenvalue weighted by Crippen LogP contribution is 2.30. The highest BCUT2D eigenvalue weighted by atomic mass is 79.9. The minimum atomic E-state index is 0.908. The van der Waals surface area contributed by atoms with Crippen molar-refractivity contribution in [1.82, 2.24) is 4.98 Å². The Morgan fingerprint density at radius 3 is 2.92 bits per heavy atom. The number of anilines is 1. The van der Waals surface area contributed by atoms with Crippen molar-refractivity contribution in [3.63, 3.8) is 0 Å². The molecule has 1 aliphatic carbocycles. The van der Waals surface area contributed by atoms with Gasteiger partial charge in [0.2, 0.25) is 0 Å². The van der Waals surface area contributed by atoms with Gasteiger partial charge < -0.3 is 4.90 Å². The van der Waals surface area contributed by atoms with Crippen LogP contribution in [0.1, 0.15) is 12.8 Å². The normalized spacial score (nSPS) is 15.8. The Morgan fingerprint density at radius 1 is 1.54 bits per heavy atom. The van der Waals surface area contributed by atoms with E-state index >= 15 is 0 Å². The van der Waals surface area contributed by atoms with Crippen LogP contribution < -0.4 is 4.90 Å². The lowest BCUT2D eigenvalue weighted by atomic mass is 10.3. The molecule has 0 radical (unpaired) electrons. The van der Waals surface area contributed by atoms with Crippen LogP contribution in [-0.2, 0) is 0 Å². The highest BCUT2D eigenvalue weighted by Gasteiger charge is 2.23. The summed E-state index contributed by atoms with van der Waals surface area (Å²) in [6, 6.07) is 6.03. The van der Waals surface area contributed by atoms with E-state index in [0.717, 1.165) is 22.9 Å². The maximum Gasteiger partial charge on any atom is 0.129 e. The van der Waals surface area contributed by atoms with Crippen molar-refractivity contribution in [3.8, 4) is 0 Å². The van der Waals surface area contributed by atoms with Gasteiger partial charge in [0.15, 0.2) is 0 Å². The Labute approximate surface area is 87.1 Å². The summed E-state index contributed by atoms with van der Waals surface area (Å²) in [5.74, 6) is 1.96. The topological polar surface area (TPSA) is 16.1 Å². The molecule has 0 N–H and O–H groups in total. The molecule has 3 heteroatoms. The summed E-state index contributed by atoms with van der Waals surface area (Å²) in [6.07, 6.45) is 2.77. The molecule has 0 aromatic carbocycles. The molecule has 0 atom stereocenters. The van der Waals surface area contributed by atoms with Crippen molar-refractivity contribution in [2.24, 2.45) is 5.92 Å². The summed E-state index contributed by atoms with van der Waals surface area (Å²) in [5.41, 5.74) is 0. The van der Waals surface area contributed by atoms with E-state index in [9.17, 15) is 0 Å². The molecule has 0 bridgehead atoms. The van der Waals surface area contributed by atoms with Crippen LogP contribution >= 0.6 is 15.9 Å². The lowest BCUT2D eigenvalue weighted by molar-refractivity contribution is 0.776. The SMILES string of the molecule is CN(CC1CC1)c1cccc(Br)n1. The zero-order valence-electron chi connectivity index (χ0n) is 7.70. The zero-order valence-corrected chi connectivity index (χ0v) is 9.29. The molecule has 2 rings (SSSR count). The highest BCUT2D eigenvalue weighted by molar-refractivity contribution is 9.10. The quantitative estimate of drug-likeness (QED) is 0.756. The second kappa shape index (κ2) is 3.66. The molecule has 0 aliphatic heterocycles. The molecule has 0 spiro atoms. The summed E-state index contributed by atoms with van der Waals surface area (Å²) >= 11 is 3.37. The Balaban J connectivity index is 2.04. The van der Waals surface area contributed by atoms with Gasteiger partial charge in [-0.15, -0.1) is 0 Å². The third-order valence-electron chi connectivity index (χ3n) is 2.32. The average molecular weight is 241 g/mol. The van der Waals surface area contributed by atoms with Gasteiger partial charge in [0, 0.05) is 13.6 Å². The smallest absolute Gasteiger partial charge is 0.129 e. The second-order valence-electron chi connectivity index (χ2n) is 3.64. The van der Waals surface area contributed by atoms with E-state index in [1.165, 1.54) is 12.8 Å². The van der Waals surface area contributed by atoms with Crippen LogP contribution in [0.2, 0.25) is 0 Å². The van der Waals surface area contributed by atoms with Crippen molar-refractivity contribution in [2.45, 2.75) is 12.8 Å². The molecule has 0 saturated heterocycles. The Hall–Kier alpha value is -0.570. The number of pyridine rings is 1. The number of hydrogen-bond donors (Lipinski definition) is 0. The molecule has 1 aliphatic rings.